The average Bonchev–Trinajstić information content (AvgIpc) is 3.23. The summed E-state index contributed by atoms with van der Waals surface area (Å²) in [5.74, 6) is 0.780. The van der Waals surface area contributed by atoms with Crippen LogP contribution in [0.1, 0.15) is 18.4 Å². The van der Waals surface area contributed by atoms with Crippen LogP contribution in [-0.2, 0) is 6.54 Å². The lowest BCUT2D eigenvalue weighted by Gasteiger charge is -2.10. The van der Waals surface area contributed by atoms with Crippen molar-refractivity contribution in [2.24, 2.45) is 0 Å². The van der Waals surface area contributed by atoms with Crippen molar-refractivity contribution in [2.75, 3.05) is 0 Å². The fraction of sp³-hybridized carbons (Fsp3) is 0.250. The van der Waals surface area contributed by atoms with Gasteiger partial charge < -0.3 is 10.1 Å². The van der Waals surface area contributed by atoms with Crippen molar-refractivity contribution in [1.29, 1.82) is 0 Å². The lowest BCUT2D eigenvalue weighted by Crippen LogP contribution is -2.15. The first-order valence-electron chi connectivity index (χ1n) is 6.76. The van der Waals surface area contributed by atoms with Gasteiger partial charge in [0.25, 0.3) is 0 Å². The van der Waals surface area contributed by atoms with Crippen LogP contribution in [0.5, 0.6) is 11.5 Å². The minimum atomic E-state index is -0.301. The Labute approximate surface area is 136 Å². The number of hydrogen-bond acceptors (Lipinski definition) is 2. The fourth-order valence-corrected chi connectivity index (χ4v) is 2.78. The van der Waals surface area contributed by atoms with E-state index < -0.39 is 0 Å². The number of rotatable bonds is 5. The standard InChI is InChI=1S/C16H14BrClFNO/c17-15-7-11(18)1-4-16(15)21-14-6-10(5-12(19)8-14)9-20-13-2-3-13/h1,4-8,13,20H,2-3,9H2. The van der Waals surface area contributed by atoms with Gasteiger partial charge in [0, 0.05) is 23.7 Å². The quantitative estimate of drug-likeness (QED) is 0.772. The first kappa shape index (κ1) is 14.8. The monoisotopic (exact) mass is 369 g/mol. The van der Waals surface area contributed by atoms with E-state index in [0.717, 1.165) is 10.0 Å². The van der Waals surface area contributed by atoms with Crippen LogP contribution in [0.25, 0.3) is 0 Å². The van der Waals surface area contributed by atoms with E-state index in [1.54, 1.807) is 18.2 Å². The molecule has 110 valence electrons. The second-order valence-corrected chi connectivity index (χ2v) is 6.42. The highest BCUT2D eigenvalue weighted by atomic mass is 79.9. The highest BCUT2D eigenvalue weighted by molar-refractivity contribution is 9.10. The van der Waals surface area contributed by atoms with Gasteiger partial charge >= 0.3 is 0 Å². The second-order valence-electron chi connectivity index (χ2n) is 5.13. The summed E-state index contributed by atoms with van der Waals surface area (Å²) in [6.07, 6.45) is 2.41. The molecule has 0 spiro atoms. The van der Waals surface area contributed by atoms with Crippen LogP contribution in [0.4, 0.5) is 4.39 Å². The van der Waals surface area contributed by atoms with E-state index in [0.29, 0.717) is 29.1 Å². The third kappa shape index (κ3) is 4.19. The molecular formula is C16H14BrClFNO. The van der Waals surface area contributed by atoms with E-state index in [1.165, 1.54) is 25.0 Å². The second kappa shape index (κ2) is 6.34. The van der Waals surface area contributed by atoms with E-state index >= 15 is 0 Å². The Morgan fingerprint density at radius 3 is 2.76 bits per heavy atom. The van der Waals surface area contributed by atoms with Gasteiger partial charge in [-0.3, -0.25) is 0 Å². The molecule has 0 heterocycles. The number of ether oxygens (including phenoxy) is 1. The van der Waals surface area contributed by atoms with Crippen molar-refractivity contribution in [3.8, 4) is 11.5 Å². The van der Waals surface area contributed by atoms with Gasteiger partial charge in [0.15, 0.2) is 0 Å². The van der Waals surface area contributed by atoms with Gasteiger partial charge in [0.1, 0.15) is 17.3 Å². The van der Waals surface area contributed by atoms with Gasteiger partial charge in [-0.1, -0.05) is 11.6 Å². The molecule has 21 heavy (non-hydrogen) atoms. The van der Waals surface area contributed by atoms with Crippen LogP contribution in [0.2, 0.25) is 5.02 Å². The minimum absolute atomic E-state index is 0.301. The number of nitrogens with one attached hydrogen (secondary N) is 1. The Morgan fingerprint density at radius 1 is 1.24 bits per heavy atom. The summed E-state index contributed by atoms with van der Waals surface area (Å²) in [7, 11) is 0. The van der Waals surface area contributed by atoms with Crippen molar-refractivity contribution in [2.45, 2.75) is 25.4 Å². The SMILES string of the molecule is Fc1cc(CNC2CC2)cc(Oc2ccc(Cl)cc2Br)c1. The molecule has 1 N–H and O–H groups in total. The van der Waals surface area contributed by atoms with E-state index in [2.05, 4.69) is 21.2 Å². The summed E-state index contributed by atoms with van der Waals surface area (Å²) in [5.41, 5.74) is 0.877. The molecule has 1 fully saturated rings. The average molecular weight is 371 g/mol. The molecule has 0 saturated heterocycles. The summed E-state index contributed by atoms with van der Waals surface area (Å²) in [5, 5.41) is 3.97. The number of hydrogen-bond donors (Lipinski definition) is 1. The van der Waals surface area contributed by atoms with E-state index in [-0.39, 0.29) is 5.82 Å². The maximum Gasteiger partial charge on any atom is 0.141 e. The lowest BCUT2D eigenvalue weighted by molar-refractivity contribution is 0.472. The Morgan fingerprint density at radius 2 is 2.05 bits per heavy atom. The molecule has 0 atom stereocenters. The number of benzene rings is 2. The molecular weight excluding hydrogens is 357 g/mol. The third-order valence-corrected chi connectivity index (χ3v) is 4.08. The lowest BCUT2D eigenvalue weighted by atomic mass is 10.2. The predicted molar refractivity (Wildman–Crippen MR) is 85.5 cm³/mol. The summed E-state index contributed by atoms with van der Waals surface area (Å²) >= 11 is 9.28. The van der Waals surface area contributed by atoms with Crippen LogP contribution in [-0.4, -0.2) is 6.04 Å². The van der Waals surface area contributed by atoms with Crippen LogP contribution in [0, 0.1) is 5.82 Å². The molecule has 2 nitrogen and oxygen atoms in total. The van der Waals surface area contributed by atoms with Crippen molar-refractivity contribution in [3.05, 3.63) is 57.3 Å². The van der Waals surface area contributed by atoms with Crippen LogP contribution < -0.4 is 10.1 Å². The first-order chi connectivity index (χ1) is 10.1. The molecule has 3 rings (SSSR count). The smallest absolute Gasteiger partial charge is 0.141 e. The minimum Gasteiger partial charge on any atom is -0.456 e. The molecule has 1 aliphatic rings. The highest BCUT2D eigenvalue weighted by Gasteiger charge is 2.20. The zero-order valence-electron chi connectivity index (χ0n) is 11.2. The summed E-state index contributed by atoms with van der Waals surface area (Å²) in [6.45, 7) is 0.653. The molecule has 1 aliphatic carbocycles. The van der Waals surface area contributed by atoms with E-state index in [9.17, 15) is 4.39 Å². The van der Waals surface area contributed by atoms with Crippen LogP contribution in [0.15, 0.2) is 40.9 Å². The fourth-order valence-electron chi connectivity index (χ4n) is 2.02. The zero-order valence-corrected chi connectivity index (χ0v) is 13.5. The molecule has 0 radical (unpaired) electrons. The molecule has 2 aromatic carbocycles. The third-order valence-electron chi connectivity index (χ3n) is 3.23. The molecule has 1 saturated carbocycles. The highest BCUT2D eigenvalue weighted by Crippen LogP contribution is 2.32. The Kier molecular flexibility index (Phi) is 4.48. The van der Waals surface area contributed by atoms with Gasteiger partial charge in [-0.2, -0.15) is 0 Å². The molecule has 2 aromatic rings. The molecule has 5 heteroatoms. The molecule has 0 aliphatic heterocycles. The normalized spacial score (nSPS) is 14.2. The molecule has 0 aromatic heterocycles. The van der Waals surface area contributed by atoms with Crippen molar-refractivity contribution in [3.63, 3.8) is 0 Å². The molecule has 0 unspecified atom stereocenters. The van der Waals surface area contributed by atoms with Crippen molar-refractivity contribution >= 4 is 27.5 Å². The molecule has 0 bridgehead atoms. The van der Waals surface area contributed by atoms with Gasteiger partial charge in [0.2, 0.25) is 0 Å². The first-order valence-corrected chi connectivity index (χ1v) is 7.93. The summed E-state index contributed by atoms with van der Waals surface area (Å²) < 4.78 is 20.2. The Bertz CT molecular complexity index is 661. The maximum atomic E-state index is 13.7. The van der Waals surface area contributed by atoms with Crippen molar-refractivity contribution in [1.82, 2.24) is 5.32 Å². The topological polar surface area (TPSA) is 21.3 Å². The van der Waals surface area contributed by atoms with Crippen molar-refractivity contribution < 1.29 is 9.13 Å². The van der Waals surface area contributed by atoms with E-state index in [1.807, 2.05) is 6.07 Å². The summed E-state index contributed by atoms with van der Waals surface area (Å²) in [4.78, 5) is 0. The van der Waals surface area contributed by atoms with Gasteiger partial charge in [-0.15, -0.1) is 0 Å². The Balaban J connectivity index is 1.77. The maximum absolute atomic E-state index is 13.7. The largest absolute Gasteiger partial charge is 0.456 e. The van der Waals surface area contributed by atoms with Gasteiger partial charge in [0.05, 0.1) is 4.47 Å². The predicted octanol–water partition coefficient (Wildman–Crippen LogP) is 5.29. The van der Waals surface area contributed by atoms with Gasteiger partial charge in [-0.05, 0) is 64.7 Å². The number of halogens is 3. The van der Waals surface area contributed by atoms with Crippen LogP contribution in [0.3, 0.4) is 0 Å². The Hall–Kier alpha value is -1.10. The van der Waals surface area contributed by atoms with Gasteiger partial charge in [-0.25, -0.2) is 4.39 Å². The van der Waals surface area contributed by atoms with Crippen LogP contribution >= 0.6 is 27.5 Å². The summed E-state index contributed by atoms with van der Waals surface area (Å²) in [6, 6.07) is 10.6. The van der Waals surface area contributed by atoms with E-state index in [4.69, 9.17) is 16.3 Å². The zero-order chi connectivity index (χ0) is 14.8. The molecule has 0 amide bonds.